The average Bonchev–Trinajstić information content (AvgIpc) is 2.67. The van der Waals surface area contributed by atoms with Gasteiger partial charge in [0.05, 0.1) is 0 Å². The molecule has 0 aliphatic carbocycles. The van der Waals surface area contributed by atoms with Gasteiger partial charge in [0, 0.05) is 29.0 Å². The van der Waals surface area contributed by atoms with Gasteiger partial charge in [0.25, 0.3) is 5.91 Å². The maximum atomic E-state index is 12.2. The number of carboxylic acid groups (broad SMARTS) is 1. The highest BCUT2D eigenvalue weighted by Crippen LogP contribution is 2.22. The first-order valence-electron chi connectivity index (χ1n) is 8.76. The molecule has 150 valence electrons. The number of amides is 1. The van der Waals surface area contributed by atoms with Crippen molar-refractivity contribution in [1.29, 1.82) is 0 Å². The van der Waals surface area contributed by atoms with Crippen LogP contribution >= 0.6 is 11.6 Å². The standard InChI is InChI=1S/C21H18ClNO6/c1-12-8-20(25)29-18-10-15(6-7-16(12)18)28-11-19(24)23-17(21(26)27)9-13-2-4-14(22)5-3-13/h2-8,10,17H,9,11H2,1H3,(H,23,24)(H,26,27)/t17-/m0/s1. The second-order valence-corrected chi connectivity index (χ2v) is 6.92. The summed E-state index contributed by atoms with van der Waals surface area (Å²) in [5, 5.41) is 13.1. The zero-order chi connectivity index (χ0) is 21.0. The maximum Gasteiger partial charge on any atom is 0.336 e. The van der Waals surface area contributed by atoms with Gasteiger partial charge in [-0.25, -0.2) is 9.59 Å². The lowest BCUT2D eigenvalue weighted by Gasteiger charge is -2.15. The van der Waals surface area contributed by atoms with E-state index in [0.29, 0.717) is 16.4 Å². The fraction of sp³-hybridized carbons (Fsp3) is 0.190. The molecule has 2 N–H and O–H groups in total. The van der Waals surface area contributed by atoms with Crippen LogP contribution in [0.5, 0.6) is 5.75 Å². The van der Waals surface area contributed by atoms with Crippen LogP contribution in [0.15, 0.2) is 57.7 Å². The van der Waals surface area contributed by atoms with Gasteiger partial charge in [0.2, 0.25) is 0 Å². The smallest absolute Gasteiger partial charge is 0.336 e. The number of aryl methyl sites for hydroxylation is 1. The molecule has 0 unspecified atom stereocenters. The van der Waals surface area contributed by atoms with Crippen LogP contribution in [0.1, 0.15) is 11.1 Å². The Morgan fingerprint density at radius 2 is 1.90 bits per heavy atom. The Bertz CT molecular complexity index is 1110. The van der Waals surface area contributed by atoms with Crippen molar-refractivity contribution in [2.45, 2.75) is 19.4 Å². The molecule has 1 heterocycles. The van der Waals surface area contributed by atoms with Crippen molar-refractivity contribution < 1.29 is 23.8 Å². The molecular formula is C21H18ClNO6. The second kappa shape index (κ2) is 8.79. The molecule has 8 heteroatoms. The molecule has 0 aliphatic heterocycles. The molecule has 0 fully saturated rings. The Labute approximate surface area is 170 Å². The van der Waals surface area contributed by atoms with Crippen LogP contribution in [0.2, 0.25) is 5.02 Å². The van der Waals surface area contributed by atoms with Crippen LogP contribution in [0.3, 0.4) is 0 Å². The van der Waals surface area contributed by atoms with E-state index in [1.54, 1.807) is 43.3 Å². The van der Waals surface area contributed by atoms with Crippen LogP contribution in [0.4, 0.5) is 0 Å². The van der Waals surface area contributed by atoms with Crippen molar-refractivity contribution in [2.24, 2.45) is 0 Å². The van der Waals surface area contributed by atoms with Gasteiger partial charge in [-0.1, -0.05) is 23.7 Å². The van der Waals surface area contributed by atoms with Crippen molar-refractivity contribution in [3.05, 3.63) is 75.1 Å². The van der Waals surface area contributed by atoms with E-state index in [1.165, 1.54) is 12.1 Å². The number of hydrogen-bond acceptors (Lipinski definition) is 5. The normalized spacial score (nSPS) is 11.8. The van der Waals surface area contributed by atoms with Crippen molar-refractivity contribution in [2.75, 3.05) is 6.61 Å². The van der Waals surface area contributed by atoms with E-state index in [4.69, 9.17) is 20.8 Å². The van der Waals surface area contributed by atoms with Gasteiger partial charge in [-0.15, -0.1) is 0 Å². The molecule has 0 spiro atoms. The third-order valence-corrected chi connectivity index (χ3v) is 4.53. The first kappa shape index (κ1) is 20.4. The number of carboxylic acids is 1. The molecule has 3 aromatic rings. The molecule has 1 atom stereocenters. The van der Waals surface area contributed by atoms with Gasteiger partial charge in [0.15, 0.2) is 6.61 Å². The topological polar surface area (TPSA) is 106 Å². The Hall–Kier alpha value is -3.32. The molecule has 2 aromatic carbocycles. The van der Waals surface area contributed by atoms with Gasteiger partial charge in [0.1, 0.15) is 17.4 Å². The van der Waals surface area contributed by atoms with Crippen LogP contribution in [-0.2, 0) is 16.0 Å². The summed E-state index contributed by atoms with van der Waals surface area (Å²) in [5.74, 6) is -1.42. The van der Waals surface area contributed by atoms with E-state index in [2.05, 4.69) is 5.32 Å². The van der Waals surface area contributed by atoms with E-state index >= 15 is 0 Å². The maximum absolute atomic E-state index is 12.2. The summed E-state index contributed by atoms with van der Waals surface area (Å²) in [5.41, 5.74) is 1.37. The van der Waals surface area contributed by atoms with Gasteiger partial charge in [-0.05, 0) is 42.3 Å². The minimum Gasteiger partial charge on any atom is -0.484 e. The lowest BCUT2D eigenvalue weighted by atomic mass is 10.1. The summed E-state index contributed by atoms with van der Waals surface area (Å²) >= 11 is 5.82. The Morgan fingerprint density at radius 3 is 2.59 bits per heavy atom. The summed E-state index contributed by atoms with van der Waals surface area (Å²) in [6, 6.07) is 11.9. The second-order valence-electron chi connectivity index (χ2n) is 6.48. The van der Waals surface area contributed by atoms with Crippen LogP contribution in [-0.4, -0.2) is 29.6 Å². The summed E-state index contributed by atoms with van der Waals surface area (Å²) in [6.45, 7) is 1.41. The number of carbonyl (C=O) groups excluding carboxylic acids is 1. The number of aliphatic carboxylic acids is 1. The fourth-order valence-corrected chi connectivity index (χ4v) is 2.96. The number of carbonyl (C=O) groups is 2. The predicted molar refractivity (Wildman–Crippen MR) is 107 cm³/mol. The molecule has 7 nitrogen and oxygen atoms in total. The number of nitrogens with one attached hydrogen (secondary N) is 1. The largest absolute Gasteiger partial charge is 0.484 e. The fourth-order valence-electron chi connectivity index (χ4n) is 2.84. The Kier molecular flexibility index (Phi) is 6.19. The zero-order valence-electron chi connectivity index (χ0n) is 15.5. The molecule has 1 aromatic heterocycles. The van der Waals surface area contributed by atoms with E-state index in [-0.39, 0.29) is 13.0 Å². The Morgan fingerprint density at radius 1 is 1.17 bits per heavy atom. The number of halogens is 1. The minimum atomic E-state index is -1.16. The van der Waals surface area contributed by atoms with Gasteiger partial charge in [-0.3, -0.25) is 4.79 Å². The summed E-state index contributed by atoms with van der Waals surface area (Å²) in [4.78, 5) is 35.1. The average molecular weight is 416 g/mol. The minimum absolute atomic E-state index is 0.110. The number of fused-ring (bicyclic) bond motifs is 1. The third-order valence-electron chi connectivity index (χ3n) is 4.28. The van der Waals surface area contributed by atoms with Crippen LogP contribution in [0, 0.1) is 6.92 Å². The highest BCUT2D eigenvalue weighted by molar-refractivity contribution is 6.30. The van der Waals surface area contributed by atoms with Crippen LogP contribution in [0.25, 0.3) is 11.0 Å². The van der Waals surface area contributed by atoms with Crippen molar-refractivity contribution in [1.82, 2.24) is 5.32 Å². The lowest BCUT2D eigenvalue weighted by molar-refractivity contribution is -0.142. The monoisotopic (exact) mass is 415 g/mol. The quantitative estimate of drug-likeness (QED) is 0.575. The summed E-state index contributed by atoms with van der Waals surface area (Å²) < 4.78 is 10.6. The van der Waals surface area contributed by atoms with Crippen LogP contribution < -0.4 is 15.7 Å². The molecule has 29 heavy (non-hydrogen) atoms. The molecule has 0 radical (unpaired) electrons. The molecule has 3 rings (SSSR count). The van der Waals surface area contributed by atoms with Gasteiger partial charge < -0.3 is 19.6 Å². The van der Waals surface area contributed by atoms with E-state index in [1.807, 2.05) is 0 Å². The summed E-state index contributed by atoms with van der Waals surface area (Å²) in [7, 11) is 0. The summed E-state index contributed by atoms with van der Waals surface area (Å²) in [6.07, 6.45) is 0.110. The van der Waals surface area contributed by atoms with Gasteiger partial charge in [-0.2, -0.15) is 0 Å². The van der Waals surface area contributed by atoms with Gasteiger partial charge >= 0.3 is 11.6 Å². The molecule has 1 amide bonds. The number of hydrogen-bond donors (Lipinski definition) is 2. The third kappa shape index (κ3) is 5.36. The molecule has 0 bridgehead atoms. The van der Waals surface area contributed by atoms with E-state index in [9.17, 15) is 19.5 Å². The first-order valence-corrected chi connectivity index (χ1v) is 9.13. The number of ether oxygens (including phenoxy) is 1. The molecule has 0 saturated heterocycles. The SMILES string of the molecule is Cc1cc(=O)oc2cc(OCC(=O)N[C@@H](Cc3ccc(Cl)cc3)C(=O)O)ccc12. The van der Waals surface area contributed by atoms with Crippen molar-refractivity contribution in [3.8, 4) is 5.75 Å². The predicted octanol–water partition coefficient (Wildman–Crippen LogP) is 2.95. The van der Waals surface area contributed by atoms with Crippen molar-refractivity contribution in [3.63, 3.8) is 0 Å². The number of rotatable bonds is 7. The molecule has 0 saturated carbocycles. The molecule has 0 aliphatic rings. The number of benzene rings is 2. The lowest BCUT2D eigenvalue weighted by Crippen LogP contribution is -2.44. The van der Waals surface area contributed by atoms with E-state index < -0.39 is 23.5 Å². The molecular weight excluding hydrogens is 398 g/mol. The van der Waals surface area contributed by atoms with Crippen molar-refractivity contribution >= 4 is 34.4 Å². The highest BCUT2D eigenvalue weighted by atomic mass is 35.5. The highest BCUT2D eigenvalue weighted by Gasteiger charge is 2.20. The van der Waals surface area contributed by atoms with E-state index in [0.717, 1.165) is 16.5 Å². The zero-order valence-corrected chi connectivity index (χ0v) is 16.2. The first-order chi connectivity index (χ1) is 13.8. The Balaban J connectivity index is 1.63.